The van der Waals surface area contributed by atoms with Gasteiger partial charge in [0.05, 0.1) is 11.1 Å². The fourth-order valence-corrected chi connectivity index (χ4v) is 3.98. The standard InChI is InChI=1S/2C12H26.C8H6O4/c2*1-3-5-7-9-11-12-10-8-6-4-2;9-7(10)5-3-1-2-4-6(5)8(11)12/h2*3-12H2,1-2H3;1-4H,(H,9,10)(H,11,12). The topological polar surface area (TPSA) is 74.6 Å². The maximum absolute atomic E-state index is 10.5. The molecule has 0 bridgehead atoms. The normalized spacial score (nSPS) is 10.1. The van der Waals surface area contributed by atoms with Crippen LogP contribution >= 0.6 is 0 Å². The summed E-state index contributed by atoms with van der Waals surface area (Å²) in [5, 5.41) is 17.1. The van der Waals surface area contributed by atoms with Crippen LogP contribution in [0.15, 0.2) is 24.3 Å². The van der Waals surface area contributed by atoms with E-state index in [4.69, 9.17) is 10.2 Å². The molecule has 0 aromatic heterocycles. The summed E-state index contributed by atoms with van der Waals surface area (Å²) in [5.74, 6) is -2.46. The van der Waals surface area contributed by atoms with E-state index in [9.17, 15) is 9.59 Å². The van der Waals surface area contributed by atoms with Crippen LogP contribution < -0.4 is 0 Å². The first-order valence-corrected chi connectivity index (χ1v) is 15.0. The smallest absolute Gasteiger partial charge is 0.336 e. The minimum absolute atomic E-state index is 0.190. The number of hydrogen-bond donors (Lipinski definition) is 2. The van der Waals surface area contributed by atoms with E-state index in [0.717, 1.165) is 0 Å². The molecule has 0 fully saturated rings. The highest BCUT2D eigenvalue weighted by molar-refractivity contribution is 6.01. The molecule has 0 saturated heterocycles. The van der Waals surface area contributed by atoms with Crippen LogP contribution in [0.3, 0.4) is 0 Å². The van der Waals surface area contributed by atoms with Gasteiger partial charge in [-0.2, -0.15) is 0 Å². The van der Waals surface area contributed by atoms with E-state index < -0.39 is 11.9 Å². The van der Waals surface area contributed by atoms with Crippen molar-refractivity contribution in [3.8, 4) is 0 Å². The molecule has 0 saturated carbocycles. The number of carboxylic acids is 2. The molecule has 0 aliphatic rings. The van der Waals surface area contributed by atoms with Gasteiger partial charge >= 0.3 is 11.9 Å². The number of hydrogen-bond acceptors (Lipinski definition) is 2. The highest BCUT2D eigenvalue weighted by Crippen LogP contribution is 2.11. The second-order valence-corrected chi connectivity index (χ2v) is 9.81. The van der Waals surface area contributed by atoms with Gasteiger partial charge in [-0.05, 0) is 12.1 Å². The molecule has 1 aromatic rings. The van der Waals surface area contributed by atoms with E-state index in [1.807, 2.05) is 0 Å². The van der Waals surface area contributed by atoms with Crippen molar-refractivity contribution < 1.29 is 19.8 Å². The lowest BCUT2D eigenvalue weighted by Crippen LogP contribution is -2.06. The largest absolute Gasteiger partial charge is 0.478 e. The highest BCUT2D eigenvalue weighted by Gasteiger charge is 2.13. The van der Waals surface area contributed by atoms with Gasteiger partial charge in [-0.3, -0.25) is 0 Å². The second kappa shape index (κ2) is 29.4. The first-order chi connectivity index (χ1) is 17.5. The molecule has 0 amide bonds. The lowest BCUT2D eigenvalue weighted by molar-refractivity contribution is 0.0651. The number of carbonyl (C=O) groups is 2. The minimum atomic E-state index is -1.23. The zero-order valence-corrected chi connectivity index (χ0v) is 24.2. The Kier molecular flexibility index (Phi) is 29.6. The molecule has 0 unspecified atom stereocenters. The molecule has 1 aromatic carbocycles. The lowest BCUT2D eigenvalue weighted by Gasteiger charge is -1.99. The molecule has 0 aliphatic carbocycles. The summed E-state index contributed by atoms with van der Waals surface area (Å²) in [6.45, 7) is 9.12. The van der Waals surface area contributed by atoms with Gasteiger partial charge in [0.15, 0.2) is 0 Å². The van der Waals surface area contributed by atoms with E-state index in [1.54, 1.807) is 0 Å². The predicted octanol–water partition coefficient (Wildman–Crippen LogP) is 10.9. The summed E-state index contributed by atoms with van der Waals surface area (Å²) < 4.78 is 0. The summed E-state index contributed by atoms with van der Waals surface area (Å²) in [7, 11) is 0. The molecule has 36 heavy (non-hydrogen) atoms. The van der Waals surface area contributed by atoms with E-state index in [2.05, 4.69) is 27.7 Å². The Morgan fingerprint density at radius 2 is 0.639 bits per heavy atom. The van der Waals surface area contributed by atoms with Crippen LogP contribution in [0.1, 0.15) is 177 Å². The van der Waals surface area contributed by atoms with Crippen molar-refractivity contribution in [2.75, 3.05) is 0 Å². The number of rotatable bonds is 20. The van der Waals surface area contributed by atoms with Crippen LogP contribution in [0.5, 0.6) is 0 Å². The van der Waals surface area contributed by atoms with Crippen molar-refractivity contribution in [2.45, 2.75) is 156 Å². The third-order valence-corrected chi connectivity index (χ3v) is 6.30. The Bertz CT molecular complexity index is 539. The van der Waals surface area contributed by atoms with Gasteiger partial charge in [0.25, 0.3) is 0 Å². The molecule has 4 nitrogen and oxygen atoms in total. The summed E-state index contributed by atoms with van der Waals surface area (Å²) in [4.78, 5) is 20.9. The van der Waals surface area contributed by atoms with Crippen molar-refractivity contribution in [1.29, 1.82) is 0 Å². The van der Waals surface area contributed by atoms with Crippen LogP contribution in [-0.2, 0) is 0 Å². The maximum Gasteiger partial charge on any atom is 0.336 e. The fourth-order valence-electron chi connectivity index (χ4n) is 3.98. The van der Waals surface area contributed by atoms with Crippen LogP contribution in [0, 0.1) is 0 Å². The number of unbranched alkanes of at least 4 members (excludes halogenated alkanes) is 18. The van der Waals surface area contributed by atoms with Crippen molar-refractivity contribution in [2.24, 2.45) is 0 Å². The zero-order chi connectivity index (χ0) is 27.3. The Morgan fingerprint density at radius 1 is 0.444 bits per heavy atom. The summed E-state index contributed by atoms with van der Waals surface area (Å²) in [6.07, 6.45) is 28.9. The van der Waals surface area contributed by atoms with E-state index in [1.165, 1.54) is 153 Å². The zero-order valence-electron chi connectivity index (χ0n) is 24.2. The third-order valence-electron chi connectivity index (χ3n) is 6.30. The second-order valence-electron chi connectivity index (χ2n) is 9.81. The van der Waals surface area contributed by atoms with Gasteiger partial charge in [-0.25, -0.2) is 9.59 Å². The molecule has 0 heterocycles. The highest BCUT2D eigenvalue weighted by atomic mass is 16.4. The first-order valence-electron chi connectivity index (χ1n) is 15.0. The van der Waals surface area contributed by atoms with Gasteiger partial charge in [-0.15, -0.1) is 0 Å². The van der Waals surface area contributed by atoms with Gasteiger partial charge in [0.1, 0.15) is 0 Å². The Morgan fingerprint density at radius 3 is 0.806 bits per heavy atom. The average Bonchev–Trinajstić information content (AvgIpc) is 2.88. The summed E-state index contributed by atoms with van der Waals surface area (Å²) >= 11 is 0. The molecule has 0 aliphatic heterocycles. The molecule has 210 valence electrons. The van der Waals surface area contributed by atoms with E-state index in [0.29, 0.717) is 0 Å². The van der Waals surface area contributed by atoms with E-state index in [-0.39, 0.29) is 11.1 Å². The molecular weight excluding hydrogens is 448 g/mol. The summed E-state index contributed by atoms with van der Waals surface area (Å²) in [6, 6.07) is 5.48. The summed E-state index contributed by atoms with van der Waals surface area (Å²) in [5.41, 5.74) is -0.380. The Labute approximate surface area is 223 Å². The van der Waals surface area contributed by atoms with Gasteiger partial charge in [-0.1, -0.05) is 168 Å². The molecule has 0 spiro atoms. The lowest BCUT2D eigenvalue weighted by atomic mass is 10.1. The number of benzene rings is 1. The molecular formula is C32H58O4. The fraction of sp³-hybridized carbons (Fsp3) is 0.750. The first kappa shape index (κ1) is 36.3. The number of aromatic carboxylic acids is 2. The molecule has 2 N–H and O–H groups in total. The van der Waals surface area contributed by atoms with E-state index >= 15 is 0 Å². The van der Waals surface area contributed by atoms with Gasteiger partial charge in [0.2, 0.25) is 0 Å². The maximum atomic E-state index is 10.5. The van der Waals surface area contributed by atoms with Crippen molar-refractivity contribution in [3.63, 3.8) is 0 Å². The minimum Gasteiger partial charge on any atom is -0.478 e. The number of carboxylic acid groups (broad SMARTS) is 2. The van der Waals surface area contributed by atoms with Crippen molar-refractivity contribution >= 4 is 11.9 Å². The average molecular weight is 507 g/mol. The van der Waals surface area contributed by atoms with Crippen molar-refractivity contribution in [1.82, 2.24) is 0 Å². The van der Waals surface area contributed by atoms with Crippen molar-refractivity contribution in [3.05, 3.63) is 35.4 Å². The molecule has 4 heteroatoms. The monoisotopic (exact) mass is 506 g/mol. The molecule has 0 radical (unpaired) electrons. The molecule has 0 atom stereocenters. The van der Waals surface area contributed by atoms with Crippen LogP contribution in [0.2, 0.25) is 0 Å². The van der Waals surface area contributed by atoms with Crippen LogP contribution in [0.4, 0.5) is 0 Å². The Hall–Kier alpha value is -1.84. The SMILES string of the molecule is CCCCCCCCCCCC.CCCCCCCCCCCC.O=C(O)c1ccccc1C(=O)O. The van der Waals surface area contributed by atoms with Crippen LogP contribution in [0.25, 0.3) is 0 Å². The van der Waals surface area contributed by atoms with Gasteiger partial charge in [0, 0.05) is 0 Å². The Balaban J connectivity index is 0. The predicted molar refractivity (Wildman–Crippen MR) is 155 cm³/mol. The van der Waals surface area contributed by atoms with Crippen LogP contribution in [-0.4, -0.2) is 22.2 Å². The van der Waals surface area contributed by atoms with Gasteiger partial charge < -0.3 is 10.2 Å². The third kappa shape index (κ3) is 25.3. The quantitative estimate of drug-likeness (QED) is 0.172. The molecule has 1 rings (SSSR count).